The van der Waals surface area contributed by atoms with Crippen molar-refractivity contribution in [3.05, 3.63) is 58.6 Å². The number of phenolic OH excluding ortho intramolecular Hbond substituents is 1. The quantitative estimate of drug-likeness (QED) is 0.665. The van der Waals surface area contributed by atoms with Crippen molar-refractivity contribution in [2.75, 3.05) is 5.32 Å². The van der Waals surface area contributed by atoms with Crippen LogP contribution in [0.1, 0.15) is 36.2 Å². The second-order valence-electron chi connectivity index (χ2n) is 6.67. The van der Waals surface area contributed by atoms with Crippen molar-refractivity contribution in [2.45, 2.75) is 33.2 Å². The maximum absolute atomic E-state index is 12.7. The van der Waals surface area contributed by atoms with Crippen molar-refractivity contribution in [1.29, 1.82) is 0 Å². The van der Waals surface area contributed by atoms with Crippen molar-refractivity contribution >= 4 is 29.1 Å². The number of carbonyl (C=O) groups excluding carboxylic acids is 2. The molecule has 0 bridgehead atoms. The number of aryl methyl sites for hydroxylation is 1. The smallest absolute Gasteiger partial charge is 0.251 e. The Bertz CT molecular complexity index is 788. The Kier molecular flexibility index (Phi) is 6.64. The largest absolute Gasteiger partial charge is 0.506 e. The standard InChI is InChI=1S/C20H23ClN2O3/c1-12(2)10-17(23-19(25)14-5-7-15(21)8-6-14)20(26)22-16-11-13(3)4-9-18(16)24/h4-9,11-12,17,24H,10H2,1-3H3,(H,22,26)(H,23,25). The molecule has 2 amide bonds. The molecule has 26 heavy (non-hydrogen) atoms. The number of hydrogen-bond donors (Lipinski definition) is 3. The van der Waals surface area contributed by atoms with E-state index in [1.807, 2.05) is 20.8 Å². The molecule has 0 aliphatic heterocycles. The first-order valence-corrected chi connectivity index (χ1v) is 8.81. The van der Waals surface area contributed by atoms with Gasteiger partial charge in [0.25, 0.3) is 5.91 Å². The predicted molar refractivity (Wildman–Crippen MR) is 104 cm³/mol. The van der Waals surface area contributed by atoms with Gasteiger partial charge in [0.15, 0.2) is 0 Å². The number of benzene rings is 2. The highest BCUT2D eigenvalue weighted by Crippen LogP contribution is 2.24. The summed E-state index contributed by atoms with van der Waals surface area (Å²) in [5.74, 6) is -0.545. The van der Waals surface area contributed by atoms with Crippen molar-refractivity contribution in [3.8, 4) is 5.75 Å². The molecule has 0 heterocycles. The van der Waals surface area contributed by atoms with Crippen LogP contribution in [0.25, 0.3) is 0 Å². The lowest BCUT2D eigenvalue weighted by molar-refractivity contribution is -0.118. The van der Waals surface area contributed by atoms with E-state index in [9.17, 15) is 14.7 Å². The number of hydrogen-bond acceptors (Lipinski definition) is 3. The number of anilines is 1. The molecule has 5 nitrogen and oxygen atoms in total. The van der Waals surface area contributed by atoms with Gasteiger partial charge in [-0.15, -0.1) is 0 Å². The zero-order valence-corrected chi connectivity index (χ0v) is 15.8. The Morgan fingerprint density at radius 2 is 1.77 bits per heavy atom. The van der Waals surface area contributed by atoms with Crippen LogP contribution in [0.5, 0.6) is 5.75 Å². The summed E-state index contributed by atoms with van der Waals surface area (Å²) in [6.07, 6.45) is 0.470. The first-order valence-electron chi connectivity index (χ1n) is 8.43. The van der Waals surface area contributed by atoms with Crippen LogP contribution >= 0.6 is 11.6 Å². The van der Waals surface area contributed by atoms with Gasteiger partial charge in [-0.1, -0.05) is 31.5 Å². The van der Waals surface area contributed by atoms with Gasteiger partial charge in [-0.3, -0.25) is 9.59 Å². The van der Waals surface area contributed by atoms with Gasteiger partial charge in [-0.05, 0) is 61.2 Å². The maximum Gasteiger partial charge on any atom is 0.251 e. The molecule has 0 aromatic heterocycles. The van der Waals surface area contributed by atoms with Crippen molar-refractivity contribution in [3.63, 3.8) is 0 Å². The van der Waals surface area contributed by atoms with Crippen LogP contribution in [0.4, 0.5) is 5.69 Å². The fourth-order valence-electron chi connectivity index (χ4n) is 2.52. The van der Waals surface area contributed by atoms with Gasteiger partial charge in [0.1, 0.15) is 11.8 Å². The van der Waals surface area contributed by atoms with E-state index in [1.54, 1.807) is 36.4 Å². The van der Waals surface area contributed by atoms with E-state index in [1.165, 1.54) is 6.07 Å². The van der Waals surface area contributed by atoms with Crippen LogP contribution in [0.3, 0.4) is 0 Å². The average molecular weight is 375 g/mol. The third-order valence-corrected chi connectivity index (χ3v) is 4.10. The van der Waals surface area contributed by atoms with Gasteiger partial charge < -0.3 is 15.7 Å². The van der Waals surface area contributed by atoms with Gasteiger partial charge in [0, 0.05) is 10.6 Å². The van der Waals surface area contributed by atoms with Gasteiger partial charge in [-0.25, -0.2) is 0 Å². The zero-order valence-electron chi connectivity index (χ0n) is 15.0. The highest BCUT2D eigenvalue weighted by atomic mass is 35.5. The van der Waals surface area contributed by atoms with Crippen LogP contribution in [0.15, 0.2) is 42.5 Å². The summed E-state index contributed by atoms with van der Waals surface area (Å²) in [7, 11) is 0. The minimum Gasteiger partial charge on any atom is -0.506 e. The molecule has 0 fully saturated rings. The van der Waals surface area contributed by atoms with E-state index in [0.29, 0.717) is 22.7 Å². The number of nitrogens with one attached hydrogen (secondary N) is 2. The molecule has 1 atom stereocenters. The first-order chi connectivity index (χ1) is 12.3. The van der Waals surface area contributed by atoms with E-state index in [-0.39, 0.29) is 23.5 Å². The lowest BCUT2D eigenvalue weighted by Gasteiger charge is -2.20. The monoisotopic (exact) mass is 374 g/mol. The maximum atomic E-state index is 12.7. The molecule has 1 unspecified atom stereocenters. The molecular weight excluding hydrogens is 352 g/mol. The van der Waals surface area contributed by atoms with E-state index in [4.69, 9.17) is 11.6 Å². The Balaban J connectivity index is 2.15. The molecule has 0 saturated carbocycles. The van der Waals surface area contributed by atoms with E-state index >= 15 is 0 Å². The van der Waals surface area contributed by atoms with Crippen molar-refractivity contribution in [1.82, 2.24) is 5.32 Å². The molecule has 0 aliphatic carbocycles. The summed E-state index contributed by atoms with van der Waals surface area (Å²) in [6.45, 7) is 5.81. The molecule has 0 radical (unpaired) electrons. The predicted octanol–water partition coefficient (Wildman–Crippen LogP) is 4.14. The molecule has 2 aromatic carbocycles. The lowest BCUT2D eigenvalue weighted by atomic mass is 10.0. The van der Waals surface area contributed by atoms with Crippen LogP contribution < -0.4 is 10.6 Å². The summed E-state index contributed by atoms with van der Waals surface area (Å²) in [5.41, 5.74) is 1.66. The second-order valence-corrected chi connectivity index (χ2v) is 7.11. The summed E-state index contributed by atoms with van der Waals surface area (Å²) < 4.78 is 0. The molecule has 0 saturated heterocycles. The Morgan fingerprint density at radius 3 is 2.38 bits per heavy atom. The third kappa shape index (κ3) is 5.49. The molecule has 6 heteroatoms. The summed E-state index contributed by atoms with van der Waals surface area (Å²) in [4.78, 5) is 25.1. The molecule has 138 valence electrons. The number of phenols is 1. The zero-order chi connectivity index (χ0) is 19.3. The van der Waals surface area contributed by atoms with Crippen LogP contribution in [0.2, 0.25) is 5.02 Å². The van der Waals surface area contributed by atoms with Crippen LogP contribution in [-0.2, 0) is 4.79 Å². The number of rotatable bonds is 6. The van der Waals surface area contributed by atoms with Crippen molar-refractivity contribution < 1.29 is 14.7 Å². The highest BCUT2D eigenvalue weighted by Gasteiger charge is 2.23. The third-order valence-electron chi connectivity index (χ3n) is 3.85. The minimum absolute atomic E-state index is 0.0173. The van der Waals surface area contributed by atoms with E-state index < -0.39 is 6.04 Å². The van der Waals surface area contributed by atoms with Crippen molar-refractivity contribution in [2.24, 2.45) is 5.92 Å². The summed E-state index contributed by atoms with van der Waals surface area (Å²) >= 11 is 5.84. The Labute approximate surface area is 158 Å². The van der Waals surface area contributed by atoms with Gasteiger partial charge in [-0.2, -0.15) is 0 Å². The summed E-state index contributed by atoms with van der Waals surface area (Å²) in [6, 6.07) is 10.7. The topological polar surface area (TPSA) is 78.4 Å². The fraction of sp³-hybridized carbons (Fsp3) is 0.300. The van der Waals surface area contributed by atoms with Crippen LogP contribution in [-0.4, -0.2) is 23.0 Å². The molecule has 0 aliphatic rings. The van der Waals surface area contributed by atoms with E-state index in [0.717, 1.165) is 5.56 Å². The Morgan fingerprint density at radius 1 is 1.12 bits per heavy atom. The lowest BCUT2D eigenvalue weighted by Crippen LogP contribution is -2.44. The second kappa shape index (κ2) is 8.72. The first kappa shape index (κ1) is 19.8. The molecule has 2 aromatic rings. The van der Waals surface area contributed by atoms with Gasteiger partial charge >= 0.3 is 0 Å². The molecule has 3 N–H and O–H groups in total. The number of amides is 2. The molecular formula is C20H23ClN2O3. The molecule has 2 rings (SSSR count). The number of aromatic hydroxyl groups is 1. The highest BCUT2D eigenvalue weighted by molar-refractivity contribution is 6.30. The normalized spacial score (nSPS) is 11.9. The van der Waals surface area contributed by atoms with Gasteiger partial charge in [0.05, 0.1) is 5.69 Å². The average Bonchev–Trinajstić information content (AvgIpc) is 2.57. The van der Waals surface area contributed by atoms with Gasteiger partial charge in [0.2, 0.25) is 5.91 Å². The fourth-order valence-corrected chi connectivity index (χ4v) is 2.64. The van der Waals surface area contributed by atoms with Crippen LogP contribution in [0, 0.1) is 12.8 Å². The van der Waals surface area contributed by atoms with E-state index in [2.05, 4.69) is 10.6 Å². The number of carbonyl (C=O) groups is 2. The Hall–Kier alpha value is -2.53. The molecule has 0 spiro atoms. The summed E-state index contributed by atoms with van der Waals surface area (Å²) in [5, 5.41) is 15.9. The minimum atomic E-state index is -0.724. The number of halogens is 1. The SMILES string of the molecule is Cc1ccc(O)c(NC(=O)C(CC(C)C)NC(=O)c2ccc(Cl)cc2)c1.